The summed E-state index contributed by atoms with van der Waals surface area (Å²) in [5.41, 5.74) is 0.973. The molecule has 1 aromatic rings. The van der Waals surface area contributed by atoms with Crippen LogP contribution < -0.4 is 5.32 Å². The summed E-state index contributed by atoms with van der Waals surface area (Å²) in [6, 6.07) is 10.2. The quantitative estimate of drug-likeness (QED) is 0.420. The molecule has 0 atom stereocenters. The Kier molecular flexibility index (Phi) is 5.67. The van der Waals surface area contributed by atoms with Gasteiger partial charge in [-0.3, -0.25) is 4.79 Å². The predicted molar refractivity (Wildman–Crippen MR) is 87.7 cm³/mol. The molecule has 2 nitrogen and oxygen atoms in total. The van der Waals surface area contributed by atoms with E-state index >= 15 is 0 Å². The van der Waals surface area contributed by atoms with Crippen molar-refractivity contribution in [3.05, 3.63) is 35.9 Å². The monoisotopic (exact) mass is 371 g/mol. The SMILES string of the molecule is O=C(NCCCCCCI)C1(c2ccccc2)CC1. The molecular formula is C16H22INO. The molecule has 1 fully saturated rings. The maximum atomic E-state index is 12.3. The Morgan fingerprint density at radius 1 is 1.11 bits per heavy atom. The van der Waals surface area contributed by atoms with Gasteiger partial charge in [0.15, 0.2) is 0 Å². The lowest BCUT2D eigenvalue weighted by molar-refractivity contribution is -0.123. The third kappa shape index (κ3) is 3.94. The second kappa shape index (κ2) is 7.27. The number of nitrogens with one attached hydrogen (secondary N) is 1. The van der Waals surface area contributed by atoms with Gasteiger partial charge >= 0.3 is 0 Å². The molecular weight excluding hydrogens is 349 g/mol. The fourth-order valence-corrected chi connectivity index (χ4v) is 3.01. The normalized spacial score (nSPS) is 16.1. The molecule has 1 N–H and O–H groups in total. The van der Waals surface area contributed by atoms with Crippen LogP contribution in [-0.4, -0.2) is 16.9 Å². The van der Waals surface area contributed by atoms with E-state index in [0.717, 1.165) is 25.8 Å². The largest absolute Gasteiger partial charge is 0.355 e. The molecule has 0 heterocycles. The highest BCUT2D eigenvalue weighted by Gasteiger charge is 2.50. The zero-order valence-corrected chi connectivity index (χ0v) is 13.5. The molecule has 1 amide bonds. The smallest absolute Gasteiger partial charge is 0.230 e. The van der Waals surface area contributed by atoms with Crippen LogP contribution >= 0.6 is 22.6 Å². The molecule has 104 valence electrons. The third-order valence-corrected chi connectivity index (χ3v) is 4.62. The van der Waals surface area contributed by atoms with Crippen molar-refractivity contribution in [1.82, 2.24) is 5.32 Å². The van der Waals surface area contributed by atoms with Gasteiger partial charge < -0.3 is 5.32 Å². The van der Waals surface area contributed by atoms with Gasteiger partial charge in [-0.1, -0.05) is 65.8 Å². The van der Waals surface area contributed by atoms with Gasteiger partial charge in [0.05, 0.1) is 5.41 Å². The van der Waals surface area contributed by atoms with Crippen LogP contribution in [0.15, 0.2) is 30.3 Å². The third-order valence-electron chi connectivity index (χ3n) is 3.86. The topological polar surface area (TPSA) is 29.1 Å². The summed E-state index contributed by atoms with van der Waals surface area (Å²) < 4.78 is 1.24. The zero-order valence-electron chi connectivity index (χ0n) is 11.3. The number of rotatable bonds is 8. The number of alkyl halides is 1. The lowest BCUT2D eigenvalue weighted by Crippen LogP contribution is -2.35. The van der Waals surface area contributed by atoms with Crippen LogP contribution in [-0.2, 0) is 10.2 Å². The van der Waals surface area contributed by atoms with Crippen molar-refractivity contribution >= 4 is 28.5 Å². The lowest BCUT2D eigenvalue weighted by atomic mass is 9.95. The highest BCUT2D eigenvalue weighted by atomic mass is 127. The van der Waals surface area contributed by atoms with E-state index in [-0.39, 0.29) is 11.3 Å². The predicted octanol–water partition coefficient (Wildman–Crippen LogP) is 3.83. The Morgan fingerprint density at radius 2 is 1.79 bits per heavy atom. The van der Waals surface area contributed by atoms with E-state index in [4.69, 9.17) is 0 Å². The van der Waals surface area contributed by atoms with Gasteiger partial charge in [-0.25, -0.2) is 0 Å². The van der Waals surface area contributed by atoms with Crippen molar-refractivity contribution in [3.8, 4) is 0 Å². The zero-order chi connectivity index (χ0) is 13.6. The van der Waals surface area contributed by atoms with Crippen molar-refractivity contribution in [2.45, 2.75) is 43.9 Å². The summed E-state index contributed by atoms with van der Waals surface area (Å²) in [5.74, 6) is 0.229. The van der Waals surface area contributed by atoms with E-state index < -0.39 is 0 Å². The van der Waals surface area contributed by atoms with Crippen molar-refractivity contribution in [1.29, 1.82) is 0 Å². The minimum atomic E-state index is -0.205. The minimum Gasteiger partial charge on any atom is -0.355 e. The van der Waals surface area contributed by atoms with Crippen LogP contribution in [0.3, 0.4) is 0 Å². The molecule has 0 radical (unpaired) electrons. The molecule has 0 aliphatic heterocycles. The fourth-order valence-electron chi connectivity index (χ4n) is 2.47. The highest BCUT2D eigenvalue weighted by molar-refractivity contribution is 14.1. The van der Waals surface area contributed by atoms with Gasteiger partial charge in [-0.15, -0.1) is 0 Å². The number of carbonyl (C=O) groups excluding carboxylic acids is 1. The number of hydrogen-bond donors (Lipinski definition) is 1. The van der Waals surface area contributed by atoms with Gasteiger partial charge in [0.1, 0.15) is 0 Å². The maximum absolute atomic E-state index is 12.3. The van der Waals surface area contributed by atoms with E-state index in [9.17, 15) is 4.79 Å². The number of unbranched alkanes of at least 4 members (excludes halogenated alkanes) is 3. The summed E-state index contributed by atoms with van der Waals surface area (Å²) in [6.07, 6.45) is 6.90. The van der Waals surface area contributed by atoms with Gasteiger partial charge in [0, 0.05) is 6.54 Å². The Hall–Kier alpha value is -0.580. The van der Waals surface area contributed by atoms with Crippen molar-refractivity contribution in [2.24, 2.45) is 0 Å². The second-order valence-corrected chi connectivity index (χ2v) is 6.39. The van der Waals surface area contributed by atoms with Gasteiger partial charge in [-0.2, -0.15) is 0 Å². The maximum Gasteiger partial charge on any atom is 0.230 e. The summed E-state index contributed by atoms with van der Waals surface area (Å²) in [5, 5.41) is 3.12. The second-order valence-electron chi connectivity index (χ2n) is 5.31. The summed E-state index contributed by atoms with van der Waals surface area (Å²) >= 11 is 2.41. The van der Waals surface area contributed by atoms with Crippen LogP contribution in [0, 0.1) is 0 Å². The van der Waals surface area contributed by atoms with Crippen LogP contribution in [0.5, 0.6) is 0 Å². The Morgan fingerprint density at radius 3 is 2.42 bits per heavy atom. The highest BCUT2D eigenvalue weighted by Crippen LogP contribution is 2.48. The summed E-state index contributed by atoms with van der Waals surface area (Å²) in [4.78, 5) is 12.3. The average molecular weight is 371 g/mol. The summed E-state index contributed by atoms with van der Waals surface area (Å²) in [6.45, 7) is 0.828. The Labute approximate surface area is 129 Å². The number of halogens is 1. The Bertz CT molecular complexity index is 400. The Balaban J connectivity index is 1.75. The number of carbonyl (C=O) groups is 1. The minimum absolute atomic E-state index is 0.205. The van der Waals surface area contributed by atoms with Crippen molar-refractivity contribution in [3.63, 3.8) is 0 Å². The molecule has 0 unspecified atom stereocenters. The fraction of sp³-hybridized carbons (Fsp3) is 0.562. The van der Waals surface area contributed by atoms with Crippen LogP contribution in [0.1, 0.15) is 44.1 Å². The molecule has 1 aromatic carbocycles. The molecule has 1 aliphatic rings. The first-order valence-corrected chi connectivity index (χ1v) is 8.72. The van der Waals surface area contributed by atoms with Crippen LogP contribution in [0.2, 0.25) is 0 Å². The number of hydrogen-bond acceptors (Lipinski definition) is 1. The molecule has 0 saturated heterocycles. The molecule has 2 rings (SSSR count). The first-order chi connectivity index (χ1) is 9.29. The molecule has 19 heavy (non-hydrogen) atoms. The van der Waals surface area contributed by atoms with Crippen molar-refractivity contribution < 1.29 is 4.79 Å². The van der Waals surface area contributed by atoms with Gasteiger partial charge in [-0.05, 0) is 35.7 Å². The molecule has 0 spiro atoms. The number of benzene rings is 1. The number of amides is 1. The molecule has 1 aliphatic carbocycles. The van der Waals surface area contributed by atoms with Crippen LogP contribution in [0.25, 0.3) is 0 Å². The average Bonchev–Trinajstić information content (AvgIpc) is 3.25. The lowest BCUT2D eigenvalue weighted by Gasteiger charge is -2.15. The van der Waals surface area contributed by atoms with Gasteiger partial charge in [0.25, 0.3) is 0 Å². The standard InChI is InChI=1S/C16H22INO/c17-12-6-1-2-7-13-18-15(19)16(10-11-16)14-8-4-3-5-9-14/h3-5,8-9H,1-2,6-7,10-13H2,(H,18,19). The molecule has 1 saturated carbocycles. The molecule has 3 heteroatoms. The first-order valence-electron chi connectivity index (χ1n) is 7.19. The van der Waals surface area contributed by atoms with E-state index in [0.29, 0.717) is 0 Å². The van der Waals surface area contributed by atoms with E-state index in [1.54, 1.807) is 0 Å². The van der Waals surface area contributed by atoms with Crippen molar-refractivity contribution in [2.75, 3.05) is 11.0 Å². The van der Waals surface area contributed by atoms with E-state index in [1.807, 2.05) is 18.2 Å². The van der Waals surface area contributed by atoms with Gasteiger partial charge in [0.2, 0.25) is 5.91 Å². The first kappa shape index (κ1) is 14.8. The summed E-state index contributed by atoms with van der Waals surface area (Å²) in [7, 11) is 0. The van der Waals surface area contributed by atoms with E-state index in [2.05, 4.69) is 40.0 Å². The van der Waals surface area contributed by atoms with Crippen LogP contribution in [0.4, 0.5) is 0 Å². The molecule has 0 bridgehead atoms. The molecule has 0 aromatic heterocycles. The van der Waals surface area contributed by atoms with E-state index in [1.165, 1.54) is 29.3 Å².